The smallest absolute Gasteiger partial charge is 0.416 e. The number of carboxylic acid groups (broad SMARTS) is 1. The van der Waals surface area contributed by atoms with E-state index in [1.54, 1.807) is 0 Å². The van der Waals surface area contributed by atoms with E-state index in [4.69, 9.17) is 5.11 Å². The van der Waals surface area contributed by atoms with Crippen molar-refractivity contribution in [2.45, 2.75) is 12.4 Å². The zero-order chi connectivity index (χ0) is 14.8. The van der Waals surface area contributed by atoms with Gasteiger partial charge >= 0.3 is 18.3 Å². The molecule has 2 nitrogen and oxygen atoms in total. The van der Waals surface area contributed by atoms with Gasteiger partial charge in [0.15, 0.2) is 0 Å². The van der Waals surface area contributed by atoms with Crippen LogP contribution in [0, 0.1) is 0 Å². The number of carboxylic acids is 1. The average molecular weight is 284 g/mol. The SMILES string of the molecule is O=C(O)/C=C\c1cc(C(F)(F)F)ccc1C(F)(F)F. The van der Waals surface area contributed by atoms with Gasteiger partial charge in [-0.15, -0.1) is 0 Å². The molecule has 1 aromatic rings. The van der Waals surface area contributed by atoms with Crippen molar-refractivity contribution in [3.05, 3.63) is 41.0 Å². The molecule has 0 bridgehead atoms. The molecular formula is C11H6F6O2. The summed E-state index contributed by atoms with van der Waals surface area (Å²) in [7, 11) is 0. The zero-order valence-electron chi connectivity index (χ0n) is 9.01. The van der Waals surface area contributed by atoms with Crippen molar-refractivity contribution in [1.29, 1.82) is 0 Å². The minimum atomic E-state index is -4.87. The molecule has 0 aliphatic heterocycles. The van der Waals surface area contributed by atoms with Gasteiger partial charge < -0.3 is 5.11 Å². The third-order valence-corrected chi connectivity index (χ3v) is 2.09. The van der Waals surface area contributed by atoms with Crippen molar-refractivity contribution < 1.29 is 36.2 Å². The van der Waals surface area contributed by atoms with Crippen LogP contribution in [0.4, 0.5) is 26.3 Å². The Morgan fingerprint density at radius 1 is 1.05 bits per heavy atom. The van der Waals surface area contributed by atoms with Crippen LogP contribution < -0.4 is 0 Å². The second-order valence-electron chi connectivity index (χ2n) is 3.47. The van der Waals surface area contributed by atoms with E-state index < -0.39 is 35.0 Å². The number of halogens is 6. The van der Waals surface area contributed by atoms with Gasteiger partial charge in [0.25, 0.3) is 0 Å². The van der Waals surface area contributed by atoms with Gasteiger partial charge in [-0.3, -0.25) is 0 Å². The maximum Gasteiger partial charge on any atom is 0.416 e. The molecule has 1 aromatic carbocycles. The van der Waals surface area contributed by atoms with Crippen LogP contribution in [0.3, 0.4) is 0 Å². The van der Waals surface area contributed by atoms with Crippen LogP contribution in [0.2, 0.25) is 0 Å². The van der Waals surface area contributed by atoms with E-state index in [0.29, 0.717) is 18.2 Å². The molecule has 0 heterocycles. The molecule has 8 heteroatoms. The Hall–Kier alpha value is -1.99. The number of aliphatic carboxylic acids is 1. The van der Waals surface area contributed by atoms with E-state index in [0.717, 1.165) is 0 Å². The highest BCUT2D eigenvalue weighted by atomic mass is 19.4. The average Bonchev–Trinajstić information content (AvgIpc) is 2.23. The normalized spacial score (nSPS) is 12.9. The third-order valence-electron chi connectivity index (χ3n) is 2.09. The largest absolute Gasteiger partial charge is 0.478 e. The molecule has 0 amide bonds. The Balaban J connectivity index is 3.39. The summed E-state index contributed by atoms with van der Waals surface area (Å²) in [5, 5.41) is 8.31. The van der Waals surface area contributed by atoms with E-state index in [-0.39, 0.29) is 12.1 Å². The molecule has 0 radical (unpaired) electrons. The first-order valence-electron chi connectivity index (χ1n) is 4.71. The summed E-state index contributed by atoms with van der Waals surface area (Å²) >= 11 is 0. The highest BCUT2D eigenvalue weighted by Gasteiger charge is 2.36. The summed E-state index contributed by atoms with van der Waals surface area (Å²) in [5.74, 6) is -1.56. The zero-order valence-corrected chi connectivity index (χ0v) is 9.01. The summed E-state index contributed by atoms with van der Waals surface area (Å²) < 4.78 is 74.7. The van der Waals surface area contributed by atoms with Crippen LogP contribution in [0.25, 0.3) is 6.08 Å². The van der Waals surface area contributed by atoms with Gasteiger partial charge in [0.05, 0.1) is 11.1 Å². The molecule has 0 aliphatic rings. The van der Waals surface area contributed by atoms with Crippen LogP contribution >= 0.6 is 0 Å². The Morgan fingerprint density at radius 3 is 2.05 bits per heavy atom. The minimum Gasteiger partial charge on any atom is -0.478 e. The number of rotatable bonds is 2. The molecule has 19 heavy (non-hydrogen) atoms. The van der Waals surface area contributed by atoms with Gasteiger partial charge in [-0.2, -0.15) is 26.3 Å². The lowest BCUT2D eigenvalue weighted by Crippen LogP contribution is -2.11. The minimum absolute atomic E-state index is 0.252. The molecule has 104 valence electrons. The van der Waals surface area contributed by atoms with E-state index in [1.165, 1.54) is 0 Å². The molecule has 0 aromatic heterocycles. The van der Waals surface area contributed by atoms with E-state index >= 15 is 0 Å². The Bertz CT molecular complexity index is 513. The molecule has 1 rings (SSSR count). The van der Waals surface area contributed by atoms with Crippen molar-refractivity contribution in [2.24, 2.45) is 0 Å². The van der Waals surface area contributed by atoms with Crippen LogP contribution in [0.5, 0.6) is 0 Å². The number of hydrogen-bond acceptors (Lipinski definition) is 1. The fraction of sp³-hybridized carbons (Fsp3) is 0.182. The molecule has 0 spiro atoms. The van der Waals surface area contributed by atoms with E-state index in [9.17, 15) is 31.1 Å². The first kappa shape index (κ1) is 15.1. The van der Waals surface area contributed by atoms with Gasteiger partial charge in [-0.05, 0) is 29.8 Å². The predicted octanol–water partition coefficient (Wildman–Crippen LogP) is 3.82. The second kappa shape index (κ2) is 4.94. The first-order valence-corrected chi connectivity index (χ1v) is 4.71. The summed E-state index contributed by atoms with van der Waals surface area (Å²) in [6.45, 7) is 0. The predicted molar refractivity (Wildman–Crippen MR) is 53.1 cm³/mol. The second-order valence-corrected chi connectivity index (χ2v) is 3.47. The standard InChI is InChI=1S/C11H6F6O2/c12-10(13,14)7-2-3-8(11(15,16)17)6(5-7)1-4-9(18)19/h1-5H,(H,18,19)/b4-1-. The Labute approximate surface area is 103 Å². The molecule has 0 saturated heterocycles. The highest BCUT2D eigenvalue weighted by Crippen LogP contribution is 2.36. The Morgan fingerprint density at radius 2 is 1.63 bits per heavy atom. The van der Waals surface area contributed by atoms with Crippen molar-refractivity contribution in [2.75, 3.05) is 0 Å². The van der Waals surface area contributed by atoms with Crippen LogP contribution in [-0.4, -0.2) is 11.1 Å². The number of hydrogen-bond donors (Lipinski definition) is 1. The number of carbonyl (C=O) groups is 1. The quantitative estimate of drug-likeness (QED) is 0.662. The van der Waals surface area contributed by atoms with Gasteiger partial charge in [0.1, 0.15) is 0 Å². The molecule has 1 N–H and O–H groups in total. The summed E-state index contributed by atoms with van der Waals surface area (Å²) in [6, 6.07) is 0.813. The Kier molecular flexibility index (Phi) is 3.92. The molecule has 0 atom stereocenters. The van der Waals surface area contributed by atoms with Crippen LogP contribution in [-0.2, 0) is 17.1 Å². The lowest BCUT2D eigenvalue weighted by molar-refractivity contribution is -0.141. The van der Waals surface area contributed by atoms with Crippen molar-refractivity contribution >= 4 is 12.0 Å². The van der Waals surface area contributed by atoms with E-state index in [2.05, 4.69) is 0 Å². The van der Waals surface area contributed by atoms with Crippen molar-refractivity contribution in [1.82, 2.24) is 0 Å². The fourth-order valence-electron chi connectivity index (χ4n) is 1.30. The maximum absolute atomic E-state index is 12.5. The highest BCUT2D eigenvalue weighted by molar-refractivity contribution is 5.85. The maximum atomic E-state index is 12.5. The van der Waals surface area contributed by atoms with Crippen molar-refractivity contribution in [3.63, 3.8) is 0 Å². The van der Waals surface area contributed by atoms with Gasteiger partial charge in [-0.25, -0.2) is 4.79 Å². The van der Waals surface area contributed by atoms with Crippen LogP contribution in [0.15, 0.2) is 24.3 Å². The van der Waals surface area contributed by atoms with Gasteiger partial charge in [0.2, 0.25) is 0 Å². The molecule has 0 aliphatic carbocycles. The molecule has 0 saturated carbocycles. The number of alkyl halides is 6. The fourth-order valence-corrected chi connectivity index (χ4v) is 1.30. The monoisotopic (exact) mass is 284 g/mol. The topological polar surface area (TPSA) is 37.3 Å². The third kappa shape index (κ3) is 4.01. The number of benzene rings is 1. The van der Waals surface area contributed by atoms with Gasteiger partial charge in [0, 0.05) is 6.08 Å². The van der Waals surface area contributed by atoms with Crippen molar-refractivity contribution in [3.8, 4) is 0 Å². The summed E-state index contributed by atoms with van der Waals surface area (Å²) in [6.07, 6.45) is -8.87. The molecule has 0 unspecified atom stereocenters. The molecule has 0 fully saturated rings. The lowest BCUT2D eigenvalue weighted by atomic mass is 10.0. The van der Waals surface area contributed by atoms with Crippen LogP contribution in [0.1, 0.15) is 16.7 Å². The lowest BCUT2D eigenvalue weighted by Gasteiger charge is -2.13. The van der Waals surface area contributed by atoms with Gasteiger partial charge in [-0.1, -0.05) is 0 Å². The van der Waals surface area contributed by atoms with E-state index in [1.807, 2.05) is 0 Å². The summed E-state index contributed by atoms with van der Waals surface area (Å²) in [5.41, 5.74) is -3.48. The first-order chi connectivity index (χ1) is 8.51. The molecular weight excluding hydrogens is 278 g/mol. The summed E-state index contributed by atoms with van der Waals surface area (Å²) in [4.78, 5) is 10.2.